The lowest BCUT2D eigenvalue weighted by Crippen LogP contribution is -2.33. The summed E-state index contributed by atoms with van der Waals surface area (Å²) in [5, 5.41) is 3.25. The Morgan fingerprint density at radius 1 is 1.12 bits per heavy atom. The molecule has 16 heavy (non-hydrogen) atoms. The van der Waals surface area contributed by atoms with E-state index in [4.69, 9.17) is 0 Å². The Labute approximate surface area is 98.2 Å². The van der Waals surface area contributed by atoms with Crippen molar-refractivity contribution in [3.8, 4) is 0 Å². The Kier molecular flexibility index (Phi) is 4.21. The van der Waals surface area contributed by atoms with Crippen molar-refractivity contribution >= 4 is 10.0 Å². The molecule has 1 aliphatic heterocycles. The highest BCUT2D eigenvalue weighted by Gasteiger charge is 2.23. The standard InChI is InChI=1S/C11H22N2O2S/c14-16(15,9-10-3-1-2-4-10)13-8-11-5-6-12-7-11/h10-13H,1-9H2. The van der Waals surface area contributed by atoms with Gasteiger partial charge in [-0.2, -0.15) is 0 Å². The summed E-state index contributed by atoms with van der Waals surface area (Å²) >= 11 is 0. The van der Waals surface area contributed by atoms with E-state index in [9.17, 15) is 8.42 Å². The molecule has 1 aliphatic carbocycles. The molecule has 1 atom stereocenters. The minimum Gasteiger partial charge on any atom is -0.316 e. The minimum atomic E-state index is -3.03. The SMILES string of the molecule is O=S(=O)(CC1CCCC1)NCC1CCNC1. The highest BCUT2D eigenvalue weighted by atomic mass is 32.2. The van der Waals surface area contributed by atoms with Gasteiger partial charge < -0.3 is 5.32 Å². The van der Waals surface area contributed by atoms with E-state index in [1.807, 2.05) is 0 Å². The van der Waals surface area contributed by atoms with Crippen molar-refractivity contribution in [2.24, 2.45) is 11.8 Å². The molecule has 2 fully saturated rings. The van der Waals surface area contributed by atoms with Gasteiger partial charge in [0.15, 0.2) is 0 Å². The summed E-state index contributed by atoms with van der Waals surface area (Å²) in [4.78, 5) is 0. The average molecular weight is 246 g/mol. The van der Waals surface area contributed by atoms with Crippen molar-refractivity contribution in [1.29, 1.82) is 0 Å². The molecule has 0 amide bonds. The van der Waals surface area contributed by atoms with Gasteiger partial charge in [0.05, 0.1) is 5.75 Å². The minimum absolute atomic E-state index is 0.340. The summed E-state index contributed by atoms with van der Waals surface area (Å²) in [7, 11) is -3.03. The highest BCUT2D eigenvalue weighted by Crippen LogP contribution is 2.25. The number of nitrogens with one attached hydrogen (secondary N) is 2. The third-order valence-electron chi connectivity index (χ3n) is 3.68. The predicted molar refractivity (Wildman–Crippen MR) is 64.7 cm³/mol. The summed E-state index contributed by atoms with van der Waals surface area (Å²) in [6, 6.07) is 0. The monoisotopic (exact) mass is 246 g/mol. The van der Waals surface area contributed by atoms with Crippen molar-refractivity contribution in [2.75, 3.05) is 25.4 Å². The van der Waals surface area contributed by atoms with E-state index in [-0.39, 0.29) is 0 Å². The smallest absolute Gasteiger partial charge is 0.211 e. The van der Waals surface area contributed by atoms with E-state index >= 15 is 0 Å². The lowest BCUT2D eigenvalue weighted by molar-refractivity contribution is 0.522. The van der Waals surface area contributed by atoms with Gasteiger partial charge in [-0.1, -0.05) is 12.8 Å². The number of sulfonamides is 1. The van der Waals surface area contributed by atoms with Gasteiger partial charge in [-0.15, -0.1) is 0 Å². The zero-order valence-corrected chi connectivity index (χ0v) is 10.6. The third-order valence-corrected chi connectivity index (χ3v) is 5.20. The fourth-order valence-corrected chi connectivity index (χ4v) is 4.24. The topological polar surface area (TPSA) is 58.2 Å². The van der Waals surface area contributed by atoms with Crippen LogP contribution in [0.1, 0.15) is 32.1 Å². The van der Waals surface area contributed by atoms with E-state index in [0.29, 0.717) is 24.1 Å². The maximum Gasteiger partial charge on any atom is 0.211 e. The van der Waals surface area contributed by atoms with Crippen molar-refractivity contribution in [3.05, 3.63) is 0 Å². The second-order valence-corrected chi connectivity index (χ2v) is 6.99. The molecule has 4 nitrogen and oxygen atoms in total. The third kappa shape index (κ3) is 3.71. The molecule has 0 aromatic carbocycles. The van der Waals surface area contributed by atoms with Crippen LogP contribution in [0.15, 0.2) is 0 Å². The first-order valence-electron chi connectivity index (χ1n) is 6.34. The van der Waals surface area contributed by atoms with Gasteiger partial charge in [0.2, 0.25) is 10.0 Å². The van der Waals surface area contributed by atoms with Crippen LogP contribution >= 0.6 is 0 Å². The molecule has 2 rings (SSSR count). The zero-order chi connectivity index (χ0) is 11.4. The fraction of sp³-hybridized carbons (Fsp3) is 1.00. The number of hydrogen-bond donors (Lipinski definition) is 2. The summed E-state index contributed by atoms with van der Waals surface area (Å²) in [5.41, 5.74) is 0. The molecule has 5 heteroatoms. The van der Waals surface area contributed by atoms with Crippen LogP contribution in [0.2, 0.25) is 0 Å². The van der Waals surface area contributed by atoms with Crippen LogP contribution in [0.25, 0.3) is 0 Å². The first-order valence-corrected chi connectivity index (χ1v) is 7.99. The second-order valence-electron chi connectivity index (χ2n) is 5.14. The lowest BCUT2D eigenvalue weighted by Gasteiger charge is -2.13. The maximum atomic E-state index is 11.8. The van der Waals surface area contributed by atoms with Crippen LogP contribution in [0.4, 0.5) is 0 Å². The zero-order valence-electron chi connectivity index (χ0n) is 9.74. The average Bonchev–Trinajstić information content (AvgIpc) is 2.85. The molecule has 0 aromatic rings. The molecule has 0 radical (unpaired) electrons. The number of hydrogen-bond acceptors (Lipinski definition) is 3. The van der Waals surface area contributed by atoms with Gasteiger partial charge in [-0.05, 0) is 44.2 Å². The van der Waals surface area contributed by atoms with Gasteiger partial charge in [-0.25, -0.2) is 13.1 Å². The van der Waals surface area contributed by atoms with E-state index in [1.54, 1.807) is 0 Å². The van der Waals surface area contributed by atoms with Crippen LogP contribution in [0.5, 0.6) is 0 Å². The normalized spacial score (nSPS) is 27.6. The van der Waals surface area contributed by atoms with Crippen molar-refractivity contribution in [2.45, 2.75) is 32.1 Å². The molecule has 94 valence electrons. The predicted octanol–water partition coefficient (Wildman–Crippen LogP) is 0.706. The Morgan fingerprint density at radius 3 is 2.50 bits per heavy atom. The van der Waals surface area contributed by atoms with Crippen molar-refractivity contribution < 1.29 is 8.42 Å². The Balaban J connectivity index is 1.73. The fourth-order valence-electron chi connectivity index (χ4n) is 2.68. The van der Waals surface area contributed by atoms with Gasteiger partial charge in [0.25, 0.3) is 0 Å². The highest BCUT2D eigenvalue weighted by molar-refractivity contribution is 7.89. The summed E-state index contributed by atoms with van der Waals surface area (Å²) in [6.45, 7) is 2.59. The molecule has 1 unspecified atom stereocenters. The first kappa shape index (κ1) is 12.3. The summed E-state index contributed by atoms with van der Waals surface area (Å²) in [5.74, 6) is 1.23. The lowest BCUT2D eigenvalue weighted by atomic mass is 10.1. The van der Waals surface area contributed by atoms with Gasteiger partial charge >= 0.3 is 0 Å². The van der Waals surface area contributed by atoms with Crippen molar-refractivity contribution in [1.82, 2.24) is 10.0 Å². The molecular formula is C11H22N2O2S. The maximum absolute atomic E-state index is 11.8. The van der Waals surface area contributed by atoms with Crippen LogP contribution in [0, 0.1) is 11.8 Å². The van der Waals surface area contributed by atoms with Crippen LogP contribution in [0.3, 0.4) is 0 Å². The van der Waals surface area contributed by atoms with E-state index in [0.717, 1.165) is 32.4 Å². The molecule has 0 bridgehead atoms. The number of rotatable bonds is 5. The molecule has 2 aliphatic rings. The molecule has 2 N–H and O–H groups in total. The molecule has 1 heterocycles. The van der Waals surface area contributed by atoms with E-state index in [2.05, 4.69) is 10.0 Å². The van der Waals surface area contributed by atoms with Crippen molar-refractivity contribution in [3.63, 3.8) is 0 Å². The Bertz CT molecular complexity index is 304. The molecule has 0 spiro atoms. The van der Waals surface area contributed by atoms with E-state index < -0.39 is 10.0 Å². The molecular weight excluding hydrogens is 224 g/mol. The molecule has 0 aromatic heterocycles. The summed E-state index contributed by atoms with van der Waals surface area (Å²) < 4.78 is 26.4. The van der Waals surface area contributed by atoms with E-state index in [1.165, 1.54) is 12.8 Å². The second kappa shape index (κ2) is 5.47. The molecule has 1 saturated heterocycles. The van der Waals surface area contributed by atoms with Gasteiger partial charge in [0.1, 0.15) is 0 Å². The van der Waals surface area contributed by atoms with Gasteiger partial charge in [-0.3, -0.25) is 0 Å². The van der Waals surface area contributed by atoms with Crippen LogP contribution < -0.4 is 10.0 Å². The van der Waals surface area contributed by atoms with Gasteiger partial charge in [0, 0.05) is 6.54 Å². The molecule has 1 saturated carbocycles. The van der Waals surface area contributed by atoms with Crippen LogP contribution in [-0.2, 0) is 10.0 Å². The largest absolute Gasteiger partial charge is 0.316 e. The quantitative estimate of drug-likeness (QED) is 0.751. The van der Waals surface area contributed by atoms with Crippen LogP contribution in [-0.4, -0.2) is 33.8 Å². The summed E-state index contributed by atoms with van der Waals surface area (Å²) in [6.07, 6.45) is 5.67. The Hall–Kier alpha value is -0.130. The Morgan fingerprint density at radius 2 is 1.88 bits per heavy atom. The first-order chi connectivity index (χ1) is 7.66.